The molecule has 0 aliphatic rings. The number of hydrogen-bond donors (Lipinski definition) is 1. The Morgan fingerprint density at radius 1 is 1.32 bits per heavy atom. The highest BCUT2D eigenvalue weighted by atomic mass is 16.5. The number of likely N-dealkylation sites (N-methyl/N-ethyl adjacent to an activating group) is 1. The molecule has 0 bridgehead atoms. The van der Waals surface area contributed by atoms with Gasteiger partial charge >= 0.3 is 0 Å². The highest BCUT2D eigenvalue weighted by Crippen LogP contribution is 2.19. The van der Waals surface area contributed by atoms with E-state index in [1.54, 1.807) is 11.9 Å². The van der Waals surface area contributed by atoms with Crippen LogP contribution >= 0.6 is 0 Å². The van der Waals surface area contributed by atoms with Gasteiger partial charge in [0.25, 0.3) is 5.91 Å². The lowest BCUT2D eigenvalue weighted by molar-refractivity contribution is -0.132. The summed E-state index contributed by atoms with van der Waals surface area (Å²) in [5.41, 5.74) is 6.46. The summed E-state index contributed by atoms with van der Waals surface area (Å²) in [6, 6.07) is 7.66. The van der Waals surface area contributed by atoms with Gasteiger partial charge in [0.2, 0.25) is 0 Å². The fourth-order valence-electron chi connectivity index (χ4n) is 1.56. The van der Waals surface area contributed by atoms with E-state index in [4.69, 9.17) is 10.5 Å². The average Bonchev–Trinajstić information content (AvgIpc) is 2.42. The van der Waals surface area contributed by atoms with Gasteiger partial charge in [0.15, 0.2) is 6.61 Å². The summed E-state index contributed by atoms with van der Waals surface area (Å²) in [6.45, 7) is 1.30. The van der Waals surface area contributed by atoms with Crippen molar-refractivity contribution in [3.63, 3.8) is 0 Å². The van der Waals surface area contributed by atoms with Gasteiger partial charge in [-0.3, -0.25) is 4.79 Å². The molecule has 0 spiro atoms. The summed E-state index contributed by atoms with van der Waals surface area (Å²) in [7, 11) is 5.69. The fraction of sp³-hybridized carbons (Fsp3) is 0.500. The second-order valence-corrected chi connectivity index (χ2v) is 4.64. The molecule has 1 rings (SSSR count). The van der Waals surface area contributed by atoms with Crippen LogP contribution in [-0.2, 0) is 4.79 Å². The first kappa shape index (κ1) is 15.3. The van der Waals surface area contributed by atoms with Crippen molar-refractivity contribution in [2.45, 2.75) is 6.42 Å². The van der Waals surface area contributed by atoms with Gasteiger partial charge in [-0.15, -0.1) is 0 Å². The Kier molecular flexibility index (Phi) is 6.15. The molecule has 1 aromatic rings. The maximum Gasteiger partial charge on any atom is 0.260 e. The van der Waals surface area contributed by atoms with Crippen molar-refractivity contribution >= 4 is 11.6 Å². The summed E-state index contributed by atoms with van der Waals surface area (Å²) in [4.78, 5) is 15.4. The predicted octanol–water partition coefficient (Wildman–Crippen LogP) is 0.939. The summed E-state index contributed by atoms with van der Waals surface area (Å²) in [6.07, 6.45) is 0.804. The van der Waals surface area contributed by atoms with Gasteiger partial charge in [-0.2, -0.15) is 0 Å². The number of ether oxygens (including phenoxy) is 1. The summed E-state index contributed by atoms with van der Waals surface area (Å²) in [5.74, 6) is 0.662. The number of rotatable bonds is 7. The monoisotopic (exact) mass is 265 g/mol. The first-order chi connectivity index (χ1) is 9.04. The van der Waals surface area contributed by atoms with Crippen molar-refractivity contribution in [3.8, 4) is 5.75 Å². The molecule has 0 atom stereocenters. The molecule has 0 heterocycles. The molecule has 106 valence electrons. The number of carbonyl (C=O) groups excluding carboxylic acids is 1. The molecule has 0 saturated carbocycles. The van der Waals surface area contributed by atoms with E-state index in [2.05, 4.69) is 0 Å². The van der Waals surface area contributed by atoms with Crippen LogP contribution in [0.2, 0.25) is 0 Å². The standard InChI is InChI=1S/C14H23N3O2/c1-16(2)12-6-4-7-13(10-12)19-11-14(18)17(3)9-5-8-15/h4,6-7,10H,5,8-9,11,15H2,1-3H3. The van der Waals surface area contributed by atoms with Gasteiger partial charge < -0.3 is 20.3 Å². The minimum Gasteiger partial charge on any atom is -0.484 e. The lowest BCUT2D eigenvalue weighted by atomic mass is 10.3. The first-order valence-electron chi connectivity index (χ1n) is 6.39. The minimum atomic E-state index is -0.0382. The first-order valence-corrected chi connectivity index (χ1v) is 6.39. The van der Waals surface area contributed by atoms with Crippen molar-refractivity contribution in [3.05, 3.63) is 24.3 Å². The molecule has 0 fully saturated rings. The van der Waals surface area contributed by atoms with Crippen molar-refractivity contribution in [2.75, 3.05) is 45.7 Å². The Morgan fingerprint density at radius 2 is 2.05 bits per heavy atom. The van der Waals surface area contributed by atoms with E-state index in [1.807, 2.05) is 43.3 Å². The van der Waals surface area contributed by atoms with Gasteiger partial charge in [0.1, 0.15) is 5.75 Å². The van der Waals surface area contributed by atoms with Crippen LogP contribution in [0.1, 0.15) is 6.42 Å². The van der Waals surface area contributed by atoms with E-state index in [-0.39, 0.29) is 12.5 Å². The predicted molar refractivity (Wildman–Crippen MR) is 77.6 cm³/mol. The van der Waals surface area contributed by atoms with Crippen LogP contribution in [0.3, 0.4) is 0 Å². The number of benzene rings is 1. The molecule has 5 nitrogen and oxygen atoms in total. The molecule has 1 amide bonds. The molecule has 0 saturated heterocycles. The highest BCUT2D eigenvalue weighted by molar-refractivity contribution is 5.77. The maximum atomic E-state index is 11.8. The minimum absolute atomic E-state index is 0.0382. The smallest absolute Gasteiger partial charge is 0.260 e. The van der Waals surface area contributed by atoms with Crippen LogP contribution < -0.4 is 15.4 Å². The Hall–Kier alpha value is -1.75. The average molecular weight is 265 g/mol. The zero-order valence-electron chi connectivity index (χ0n) is 11.9. The maximum absolute atomic E-state index is 11.8. The van der Waals surface area contributed by atoms with Crippen LogP contribution in [-0.4, -0.2) is 51.6 Å². The summed E-state index contributed by atoms with van der Waals surface area (Å²) < 4.78 is 5.51. The largest absolute Gasteiger partial charge is 0.484 e. The molecule has 0 aromatic heterocycles. The Balaban J connectivity index is 2.47. The number of nitrogens with zero attached hydrogens (tertiary/aromatic N) is 2. The quantitative estimate of drug-likeness (QED) is 0.797. The van der Waals surface area contributed by atoms with Gasteiger partial charge in [-0.1, -0.05) is 6.07 Å². The van der Waals surface area contributed by atoms with Crippen LogP contribution in [0, 0.1) is 0 Å². The van der Waals surface area contributed by atoms with Gasteiger partial charge in [-0.05, 0) is 25.1 Å². The third-order valence-corrected chi connectivity index (χ3v) is 2.82. The van der Waals surface area contributed by atoms with Gasteiger partial charge in [-0.25, -0.2) is 0 Å². The van der Waals surface area contributed by atoms with Crippen LogP contribution in [0.4, 0.5) is 5.69 Å². The number of nitrogens with two attached hydrogens (primary N) is 1. The summed E-state index contributed by atoms with van der Waals surface area (Å²) in [5, 5.41) is 0. The topological polar surface area (TPSA) is 58.8 Å². The lowest BCUT2D eigenvalue weighted by Gasteiger charge is -2.18. The number of anilines is 1. The SMILES string of the molecule is CN(CCCN)C(=O)COc1cccc(N(C)C)c1. The Morgan fingerprint density at radius 3 is 2.68 bits per heavy atom. The molecule has 0 aliphatic carbocycles. The third kappa shape index (κ3) is 5.18. The van der Waals surface area contributed by atoms with E-state index in [0.29, 0.717) is 18.8 Å². The summed E-state index contributed by atoms with van der Waals surface area (Å²) >= 11 is 0. The molecule has 0 aliphatic heterocycles. The lowest BCUT2D eigenvalue weighted by Crippen LogP contribution is -2.33. The third-order valence-electron chi connectivity index (χ3n) is 2.82. The zero-order valence-corrected chi connectivity index (χ0v) is 11.9. The highest BCUT2D eigenvalue weighted by Gasteiger charge is 2.09. The molecule has 2 N–H and O–H groups in total. The molecule has 5 heteroatoms. The van der Waals surface area contributed by atoms with Crippen LogP contribution in [0.15, 0.2) is 24.3 Å². The number of amides is 1. The Labute approximate surface area is 114 Å². The van der Waals surface area contributed by atoms with Crippen molar-refractivity contribution in [1.82, 2.24) is 4.90 Å². The fourth-order valence-corrected chi connectivity index (χ4v) is 1.56. The second-order valence-electron chi connectivity index (χ2n) is 4.64. The normalized spacial score (nSPS) is 10.1. The van der Waals surface area contributed by atoms with E-state index < -0.39 is 0 Å². The molecular formula is C14H23N3O2. The van der Waals surface area contributed by atoms with Crippen molar-refractivity contribution in [1.29, 1.82) is 0 Å². The van der Waals surface area contributed by atoms with E-state index >= 15 is 0 Å². The molecule has 0 radical (unpaired) electrons. The zero-order chi connectivity index (χ0) is 14.3. The van der Waals surface area contributed by atoms with Crippen molar-refractivity contribution in [2.24, 2.45) is 5.73 Å². The van der Waals surface area contributed by atoms with Crippen molar-refractivity contribution < 1.29 is 9.53 Å². The molecule has 1 aromatic carbocycles. The second kappa shape index (κ2) is 7.63. The number of carbonyl (C=O) groups is 1. The Bertz CT molecular complexity index is 407. The van der Waals surface area contributed by atoms with Crippen LogP contribution in [0.5, 0.6) is 5.75 Å². The van der Waals surface area contributed by atoms with E-state index in [9.17, 15) is 4.79 Å². The molecule has 19 heavy (non-hydrogen) atoms. The molecule has 0 unspecified atom stereocenters. The molecular weight excluding hydrogens is 242 g/mol. The van der Waals surface area contributed by atoms with Gasteiger partial charge in [0.05, 0.1) is 0 Å². The van der Waals surface area contributed by atoms with Crippen LogP contribution in [0.25, 0.3) is 0 Å². The number of hydrogen-bond acceptors (Lipinski definition) is 4. The van der Waals surface area contributed by atoms with E-state index in [0.717, 1.165) is 12.1 Å². The van der Waals surface area contributed by atoms with Gasteiger partial charge in [0, 0.05) is 39.4 Å². The van der Waals surface area contributed by atoms with E-state index in [1.165, 1.54) is 0 Å².